The molecule has 19 heavy (non-hydrogen) atoms. The van der Waals surface area contributed by atoms with Crippen LogP contribution in [0.15, 0.2) is 6.20 Å². The van der Waals surface area contributed by atoms with Gasteiger partial charge in [-0.2, -0.15) is 18.3 Å². The SMILES string of the molecule is C[C@@H](N)C(=O)N(C)Cc1cn(C)nc1C(F)(F)F.Cl. The van der Waals surface area contributed by atoms with Crippen molar-refractivity contribution in [3.05, 3.63) is 17.5 Å². The Labute approximate surface area is 115 Å². The predicted molar refractivity (Wildman–Crippen MR) is 65.6 cm³/mol. The van der Waals surface area contributed by atoms with Crippen molar-refractivity contribution in [2.45, 2.75) is 25.7 Å². The number of carbonyl (C=O) groups excluding carboxylic acids is 1. The van der Waals surface area contributed by atoms with Crippen LogP contribution in [0.3, 0.4) is 0 Å². The molecular weight excluding hydrogens is 285 g/mol. The Morgan fingerprint density at radius 1 is 1.58 bits per heavy atom. The Balaban J connectivity index is 0.00000324. The number of nitrogens with two attached hydrogens (primary N) is 1. The van der Waals surface area contributed by atoms with Gasteiger partial charge < -0.3 is 10.6 Å². The van der Waals surface area contributed by atoms with Gasteiger partial charge in [-0.05, 0) is 6.92 Å². The third-order valence-electron chi connectivity index (χ3n) is 2.35. The van der Waals surface area contributed by atoms with Gasteiger partial charge in [-0.15, -0.1) is 12.4 Å². The van der Waals surface area contributed by atoms with Crippen LogP contribution in [0, 0.1) is 0 Å². The lowest BCUT2D eigenvalue weighted by atomic mass is 10.2. The molecule has 9 heteroatoms. The quantitative estimate of drug-likeness (QED) is 0.911. The molecule has 0 aliphatic heterocycles. The predicted octanol–water partition coefficient (Wildman–Crippen LogP) is 1.17. The fourth-order valence-electron chi connectivity index (χ4n) is 1.57. The van der Waals surface area contributed by atoms with Crippen LogP contribution in [0.4, 0.5) is 13.2 Å². The Bertz CT molecular complexity index is 444. The van der Waals surface area contributed by atoms with E-state index in [1.807, 2.05) is 0 Å². The van der Waals surface area contributed by atoms with E-state index in [0.717, 1.165) is 9.58 Å². The maximum absolute atomic E-state index is 12.7. The van der Waals surface area contributed by atoms with Crippen molar-refractivity contribution in [3.8, 4) is 0 Å². The number of halogens is 4. The minimum absolute atomic E-state index is 0. The van der Waals surface area contributed by atoms with Crippen LogP contribution in [0.1, 0.15) is 18.2 Å². The van der Waals surface area contributed by atoms with Gasteiger partial charge in [0.15, 0.2) is 5.69 Å². The number of nitrogens with zero attached hydrogens (tertiary/aromatic N) is 3. The lowest BCUT2D eigenvalue weighted by Gasteiger charge is -2.19. The van der Waals surface area contributed by atoms with Crippen molar-refractivity contribution in [1.29, 1.82) is 0 Å². The van der Waals surface area contributed by atoms with Crippen molar-refractivity contribution in [2.75, 3.05) is 7.05 Å². The molecule has 1 rings (SSSR count). The fourth-order valence-corrected chi connectivity index (χ4v) is 1.57. The number of hydrogen-bond donors (Lipinski definition) is 1. The number of carbonyl (C=O) groups is 1. The summed E-state index contributed by atoms with van der Waals surface area (Å²) in [7, 11) is 2.80. The second kappa shape index (κ2) is 6.25. The molecule has 0 aromatic carbocycles. The highest BCUT2D eigenvalue weighted by Gasteiger charge is 2.37. The normalized spacial score (nSPS) is 12.8. The first-order chi connectivity index (χ1) is 8.12. The molecule has 2 N–H and O–H groups in total. The average Bonchev–Trinajstić information content (AvgIpc) is 2.57. The number of rotatable bonds is 3. The second-order valence-electron chi connectivity index (χ2n) is 4.16. The minimum atomic E-state index is -4.53. The zero-order valence-electron chi connectivity index (χ0n) is 10.7. The molecule has 0 aliphatic carbocycles. The maximum atomic E-state index is 12.7. The van der Waals surface area contributed by atoms with Gasteiger partial charge in [-0.3, -0.25) is 9.48 Å². The highest BCUT2D eigenvalue weighted by molar-refractivity contribution is 5.85. The largest absolute Gasteiger partial charge is 0.435 e. The van der Waals surface area contributed by atoms with Gasteiger partial charge in [-0.1, -0.05) is 0 Å². The van der Waals surface area contributed by atoms with Crippen molar-refractivity contribution in [2.24, 2.45) is 12.8 Å². The smallest absolute Gasteiger partial charge is 0.340 e. The monoisotopic (exact) mass is 300 g/mol. The summed E-state index contributed by atoms with van der Waals surface area (Å²) in [6, 6.07) is -0.749. The maximum Gasteiger partial charge on any atom is 0.435 e. The van der Waals surface area contributed by atoms with Crippen LogP contribution < -0.4 is 5.73 Å². The highest BCUT2D eigenvalue weighted by Crippen LogP contribution is 2.30. The Morgan fingerprint density at radius 2 is 2.11 bits per heavy atom. The number of hydrogen-bond acceptors (Lipinski definition) is 3. The van der Waals surface area contributed by atoms with E-state index >= 15 is 0 Å². The Kier molecular flexibility index (Phi) is 5.83. The van der Waals surface area contributed by atoms with Gasteiger partial charge in [0.1, 0.15) is 0 Å². The van der Waals surface area contributed by atoms with Crippen molar-refractivity contribution in [1.82, 2.24) is 14.7 Å². The number of aromatic nitrogens is 2. The molecule has 0 fully saturated rings. The first-order valence-corrected chi connectivity index (χ1v) is 5.23. The highest BCUT2D eigenvalue weighted by atomic mass is 35.5. The molecule has 1 aromatic rings. The number of amides is 1. The van der Waals surface area contributed by atoms with E-state index in [-0.39, 0.29) is 24.5 Å². The van der Waals surface area contributed by atoms with Gasteiger partial charge in [0.25, 0.3) is 0 Å². The number of alkyl halides is 3. The summed E-state index contributed by atoms with van der Waals surface area (Å²) >= 11 is 0. The van der Waals surface area contributed by atoms with Crippen LogP contribution in [-0.4, -0.2) is 33.7 Å². The molecular formula is C10H16ClF3N4O. The van der Waals surface area contributed by atoms with Crippen molar-refractivity contribution in [3.63, 3.8) is 0 Å². The number of aryl methyl sites for hydroxylation is 1. The summed E-state index contributed by atoms with van der Waals surface area (Å²) in [5.41, 5.74) is 4.35. The molecule has 5 nitrogen and oxygen atoms in total. The van der Waals surface area contributed by atoms with Gasteiger partial charge in [0, 0.05) is 32.4 Å². The summed E-state index contributed by atoms with van der Waals surface area (Å²) in [6.45, 7) is 1.30. The molecule has 0 radical (unpaired) electrons. The molecule has 0 saturated heterocycles. The zero-order chi connectivity index (χ0) is 14.1. The number of likely N-dealkylation sites (N-methyl/N-ethyl adjacent to an activating group) is 1. The standard InChI is InChI=1S/C10H15F3N4O.ClH/c1-6(14)9(18)16(2)4-7-5-17(3)15-8(7)10(11,12)13;/h5-6H,4,14H2,1-3H3;1H/t6-;/m1./s1. The summed E-state index contributed by atoms with van der Waals surface area (Å²) < 4.78 is 39.1. The van der Waals surface area contributed by atoms with Gasteiger partial charge in [0.2, 0.25) is 5.91 Å². The molecule has 0 unspecified atom stereocenters. The van der Waals surface area contributed by atoms with Gasteiger partial charge in [0.05, 0.1) is 6.04 Å². The van der Waals surface area contributed by atoms with Crippen LogP contribution >= 0.6 is 12.4 Å². The van der Waals surface area contributed by atoms with Crippen LogP contribution in [0.2, 0.25) is 0 Å². The summed E-state index contributed by atoms with van der Waals surface area (Å²) in [5.74, 6) is -0.424. The average molecular weight is 301 g/mol. The Hall–Kier alpha value is -1.28. The molecule has 0 spiro atoms. The van der Waals surface area contributed by atoms with E-state index in [9.17, 15) is 18.0 Å². The third kappa shape index (κ3) is 4.39. The zero-order valence-corrected chi connectivity index (χ0v) is 11.5. The third-order valence-corrected chi connectivity index (χ3v) is 2.35. The van der Waals surface area contributed by atoms with E-state index in [1.165, 1.54) is 27.2 Å². The molecule has 1 aromatic heterocycles. The second-order valence-corrected chi connectivity index (χ2v) is 4.16. The topological polar surface area (TPSA) is 64.2 Å². The molecule has 1 amide bonds. The van der Waals surface area contributed by atoms with E-state index in [4.69, 9.17) is 5.73 Å². The molecule has 0 bridgehead atoms. The molecule has 1 heterocycles. The summed E-state index contributed by atoms with van der Waals surface area (Å²) in [5, 5.41) is 3.36. The van der Waals surface area contributed by atoms with E-state index < -0.39 is 23.8 Å². The van der Waals surface area contributed by atoms with E-state index in [1.54, 1.807) is 0 Å². The van der Waals surface area contributed by atoms with Crippen molar-refractivity contribution >= 4 is 18.3 Å². The van der Waals surface area contributed by atoms with Crippen LogP contribution in [0.5, 0.6) is 0 Å². The Morgan fingerprint density at radius 3 is 2.53 bits per heavy atom. The minimum Gasteiger partial charge on any atom is -0.340 e. The molecule has 0 aliphatic rings. The van der Waals surface area contributed by atoms with E-state index in [2.05, 4.69) is 5.10 Å². The van der Waals surface area contributed by atoms with Gasteiger partial charge >= 0.3 is 6.18 Å². The van der Waals surface area contributed by atoms with Crippen molar-refractivity contribution < 1.29 is 18.0 Å². The van der Waals surface area contributed by atoms with Gasteiger partial charge in [-0.25, -0.2) is 0 Å². The van der Waals surface area contributed by atoms with Crippen LogP contribution in [0.25, 0.3) is 0 Å². The summed E-state index contributed by atoms with van der Waals surface area (Å²) in [6.07, 6.45) is -3.29. The molecule has 110 valence electrons. The molecule has 0 saturated carbocycles. The summed E-state index contributed by atoms with van der Waals surface area (Å²) in [4.78, 5) is 12.7. The molecule has 1 atom stereocenters. The first-order valence-electron chi connectivity index (χ1n) is 5.23. The van der Waals surface area contributed by atoms with Crippen LogP contribution in [-0.2, 0) is 24.6 Å². The fraction of sp³-hybridized carbons (Fsp3) is 0.600. The lowest BCUT2D eigenvalue weighted by Crippen LogP contribution is -2.39. The lowest BCUT2D eigenvalue weighted by molar-refractivity contribution is -0.143. The van der Waals surface area contributed by atoms with E-state index in [0.29, 0.717) is 0 Å². The first kappa shape index (κ1) is 17.7.